The summed E-state index contributed by atoms with van der Waals surface area (Å²) in [6.45, 7) is 1.06. The summed E-state index contributed by atoms with van der Waals surface area (Å²) in [6.07, 6.45) is 20.8. The highest BCUT2D eigenvalue weighted by Gasteiger charge is 2.24. The summed E-state index contributed by atoms with van der Waals surface area (Å²) in [5.41, 5.74) is 1.70. The molecule has 13 nitrogen and oxygen atoms in total. The summed E-state index contributed by atoms with van der Waals surface area (Å²) in [6, 6.07) is 0. The molecule has 2 aromatic heterocycles. The maximum atomic E-state index is 11.6. The number of rotatable bonds is 20. The molecule has 266 valence electrons. The molecule has 0 unspecified atom stereocenters. The molecule has 2 aliphatic carbocycles. The van der Waals surface area contributed by atoms with E-state index in [4.69, 9.17) is 28.8 Å². The van der Waals surface area contributed by atoms with Gasteiger partial charge in [-0.1, -0.05) is 100 Å². The van der Waals surface area contributed by atoms with E-state index in [1.54, 1.807) is 19.7 Å². The summed E-state index contributed by atoms with van der Waals surface area (Å²) >= 11 is 0. The molecule has 13 heteroatoms. The zero-order chi connectivity index (χ0) is 33.7. The lowest BCUT2D eigenvalue weighted by atomic mass is 9.84. The van der Waals surface area contributed by atoms with Crippen LogP contribution in [0.5, 0.6) is 0 Å². The normalized spacial score (nSPS) is 17.1. The van der Waals surface area contributed by atoms with Crippen molar-refractivity contribution in [2.45, 2.75) is 140 Å². The Morgan fingerprint density at radius 3 is 1.62 bits per heavy atom. The molecular weight excluding hydrogens is 606 g/mol. The van der Waals surface area contributed by atoms with Gasteiger partial charge < -0.3 is 23.6 Å². The van der Waals surface area contributed by atoms with E-state index in [9.17, 15) is 9.59 Å². The molecule has 47 heavy (non-hydrogen) atoms. The number of nitrogens with one attached hydrogen (secondary N) is 1. The second-order valence-corrected chi connectivity index (χ2v) is 13.2. The van der Waals surface area contributed by atoms with Gasteiger partial charge in [0, 0.05) is 45.3 Å². The SMILES string of the molecule is COCCc1noc([C@H](CCCC2CCCCC2)CC(=O)NO)n1.COCCc1noc([C@H](CCCC2CCCCC2)CC(=O)O)n1. The third kappa shape index (κ3) is 15.2. The van der Waals surface area contributed by atoms with Crippen LogP contribution in [0.4, 0.5) is 0 Å². The number of carboxylic acids is 1. The molecule has 0 radical (unpaired) electrons. The van der Waals surface area contributed by atoms with Crippen LogP contribution in [0.2, 0.25) is 0 Å². The molecule has 2 atom stereocenters. The molecule has 1 amide bonds. The largest absolute Gasteiger partial charge is 0.481 e. The van der Waals surface area contributed by atoms with Gasteiger partial charge in [-0.3, -0.25) is 14.8 Å². The Hall–Kier alpha value is -2.90. The highest BCUT2D eigenvalue weighted by molar-refractivity contribution is 5.75. The molecule has 2 heterocycles. The summed E-state index contributed by atoms with van der Waals surface area (Å²) in [5, 5.41) is 25.8. The van der Waals surface area contributed by atoms with E-state index in [-0.39, 0.29) is 24.7 Å². The van der Waals surface area contributed by atoms with Crippen LogP contribution >= 0.6 is 0 Å². The first-order chi connectivity index (χ1) is 22.9. The molecule has 2 aliphatic rings. The Kier molecular flexibility index (Phi) is 18.6. The molecular formula is C34H57N5O8. The maximum absolute atomic E-state index is 11.6. The van der Waals surface area contributed by atoms with Gasteiger partial charge in [0.2, 0.25) is 17.7 Å². The van der Waals surface area contributed by atoms with Gasteiger partial charge in [-0.15, -0.1) is 0 Å². The van der Waals surface area contributed by atoms with Crippen molar-refractivity contribution in [1.82, 2.24) is 25.8 Å². The number of methoxy groups -OCH3 is 2. The number of hydrogen-bond donors (Lipinski definition) is 3. The van der Waals surface area contributed by atoms with Crippen molar-refractivity contribution in [2.75, 3.05) is 27.4 Å². The predicted octanol–water partition coefficient (Wildman–Crippen LogP) is 6.56. The summed E-state index contributed by atoms with van der Waals surface area (Å²) < 4.78 is 20.6. The Morgan fingerprint density at radius 1 is 0.766 bits per heavy atom. The zero-order valence-corrected chi connectivity index (χ0v) is 28.5. The number of ether oxygens (including phenoxy) is 2. The summed E-state index contributed by atoms with van der Waals surface area (Å²) in [5.74, 6) is 2.18. The molecule has 0 bridgehead atoms. The Bertz CT molecular complexity index is 1130. The number of carbonyl (C=O) groups is 2. The van der Waals surface area contributed by atoms with Crippen LogP contribution in [0.3, 0.4) is 0 Å². The second-order valence-electron chi connectivity index (χ2n) is 13.2. The number of hydroxylamine groups is 1. The number of carbonyl (C=O) groups excluding carboxylic acids is 1. The number of carboxylic acid groups (broad SMARTS) is 1. The first-order valence-electron chi connectivity index (χ1n) is 17.7. The molecule has 0 aromatic carbocycles. The van der Waals surface area contributed by atoms with Gasteiger partial charge in [0.05, 0.1) is 19.6 Å². The first kappa shape index (κ1) is 38.5. The monoisotopic (exact) mass is 663 g/mol. The van der Waals surface area contributed by atoms with E-state index < -0.39 is 11.9 Å². The quantitative estimate of drug-likeness (QED) is 0.103. The van der Waals surface area contributed by atoms with E-state index in [1.165, 1.54) is 77.0 Å². The Balaban J connectivity index is 0.000000256. The minimum Gasteiger partial charge on any atom is -0.481 e. The highest BCUT2D eigenvalue weighted by Crippen LogP contribution is 2.32. The third-order valence-electron chi connectivity index (χ3n) is 9.48. The van der Waals surface area contributed by atoms with Crippen LogP contribution in [-0.2, 0) is 31.9 Å². The van der Waals surface area contributed by atoms with E-state index in [0.29, 0.717) is 49.5 Å². The van der Waals surface area contributed by atoms with Crippen molar-refractivity contribution in [3.8, 4) is 0 Å². The van der Waals surface area contributed by atoms with Crippen molar-refractivity contribution >= 4 is 11.9 Å². The number of hydrogen-bond acceptors (Lipinski definition) is 11. The van der Waals surface area contributed by atoms with Gasteiger partial charge in [0.15, 0.2) is 11.6 Å². The number of aliphatic carboxylic acids is 1. The van der Waals surface area contributed by atoms with Crippen LogP contribution in [0.25, 0.3) is 0 Å². The van der Waals surface area contributed by atoms with Crippen molar-refractivity contribution in [3.05, 3.63) is 23.4 Å². The van der Waals surface area contributed by atoms with Crippen LogP contribution in [0, 0.1) is 11.8 Å². The smallest absolute Gasteiger partial charge is 0.304 e. The summed E-state index contributed by atoms with van der Waals surface area (Å²) in [4.78, 5) is 31.4. The Labute approximate surface area is 278 Å². The van der Waals surface area contributed by atoms with Gasteiger partial charge in [0.25, 0.3) is 0 Å². The first-order valence-corrected chi connectivity index (χ1v) is 17.7. The molecule has 4 rings (SSSR count). The molecule has 0 spiro atoms. The molecule has 0 aliphatic heterocycles. The van der Waals surface area contributed by atoms with E-state index in [2.05, 4.69) is 20.3 Å². The van der Waals surface area contributed by atoms with Crippen molar-refractivity contribution < 1.29 is 38.4 Å². The fourth-order valence-corrected chi connectivity index (χ4v) is 6.82. The predicted molar refractivity (Wildman–Crippen MR) is 173 cm³/mol. The molecule has 2 fully saturated rings. The topological polar surface area (TPSA) is 183 Å². The van der Waals surface area contributed by atoms with Crippen molar-refractivity contribution in [1.29, 1.82) is 0 Å². The summed E-state index contributed by atoms with van der Waals surface area (Å²) in [7, 11) is 3.25. The second kappa shape index (κ2) is 22.6. The lowest BCUT2D eigenvalue weighted by Gasteiger charge is -2.22. The average molecular weight is 664 g/mol. The highest BCUT2D eigenvalue weighted by atomic mass is 16.5. The average Bonchev–Trinajstić information content (AvgIpc) is 3.77. The lowest BCUT2D eigenvalue weighted by molar-refractivity contribution is -0.137. The van der Waals surface area contributed by atoms with Crippen LogP contribution < -0.4 is 5.48 Å². The zero-order valence-electron chi connectivity index (χ0n) is 28.5. The standard InChI is InChI=1S/C17H29N3O4.C17H28N2O4/c1-23-11-10-15-18-17(24-20-15)14(12-16(21)19-22)9-5-8-13-6-3-2-4-7-13;1-22-11-10-15-18-17(23-19-15)14(12-16(20)21)9-5-8-13-6-3-2-4-7-13/h13-14,22H,2-12H2,1H3,(H,19,21);13-14H,2-12H2,1H3,(H,20,21)/t2*14-/m11/s1. The number of amides is 1. The van der Waals surface area contributed by atoms with Crippen LogP contribution in [0.15, 0.2) is 9.05 Å². The minimum absolute atomic E-state index is 0.0522. The fraction of sp³-hybridized carbons (Fsp3) is 0.824. The van der Waals surface area contributed by atoms with Gasteiger partial charge in [0.1, 0.15) is 0 Å². The Morgan fingerprint density at radius 2 is 1.21 bits per heavy atom. The number of aromatic nitrogens is 4. The lowest BCUT2D eigenvalue weighted by Crippen LogP contribution is -2.21. The third-order valence-corrected chi connectivity index (χ3v) is 9.48. The number of nitrogens with zero attached hydrogens (tertiary/aromatic N) is 4. The van der Waals surface area contributed by atoms with E-state index >= 15 is 0 Å². The molecule has 3 N–H and O–H groups in total. The van der Waals surface area contributed by atoms with Crippen LogP contribution in [0.1, 0.15) is 151 Å². The maximum Gasteiger partial charge on any atom is 0.304 e. The van der Waals surface area contributed by atoms with Gasteiger partial charge in [-0.25, -0.2) is 5.48 Å². The van der Waals surface area contributed by atoms with Crippen LogP contribution in [-0.4, -0.2) is 69.9 Å². The molecule has 0 saturated heterocycles. The van der Waals surface area contributed by atoms with Crippen molar-refractivity contribution in [2.24, 2.45) is 11.8 Å². The van der Waals surface area contributed by atoms with Gasteiger partial charge in [-0.05, 0) is 24.7 Å². The minimum atomic E-state index is -0.815. The van der Waals surface area contributed by atoms with Crippen molar-refractivity contribution in [3.63, 3.8) is 0 Å². The van der Waals surface area contributed by atoms with E-state index in [1.807, 2.05) is 0 Å². The molecule has 2 saturated carbocycles. The molecule has 2 aromatic rings. The van der Waals surface area contributed by atoms with E-state index in [0.717, 1.165) is 37.5 Å². The fourth-order valence-electron chi connectivity index (χ4n) is 6.82. The van der Waals surface area contributed by atoms with Gasteiger partial charge in [-0.2, -0.15) is 9.97 Å². The van der Waals surface area contributed by atoms with Gasteiger partial charge >= 0.3 is 5.97 Å².